The van der Waals surface area contributed by atoms with E-state index < -0.39 is 17.7 Å². The zero-order valence-corrected chi connectivity index (χ0v) is 18.3. The van der Waals surface area contributed by atoms with E-state index in [0.29, 0.717) is 24.8 Å². The van der Waals surface area contributed by atoms with Gasteiger partial charge in [0.05, 0.1) is 20.6 Å². The number of carbonyl (C=O) groups is 1. The molecule has 0 radical (unpaired) electrons. The number of esters is 1. The maximum absolute atomic E-state index is 13.4. The second kappa shape index (κ2) is 11.3. The van der Waals surface area contributed by atoms with Crippen LogP contribution in [0.15, 0.2) is 18.2 Å². The summed E-state index contributed by atoms with van der Waals surface area (Å²) in [6, 6.07) is 2.04. The van der Waals surface area contributed by atoms with Gasteiger partial charge in [0, 0.05) is 6.08 Å². The quantitative estimate of drug-likeness (QED) is 0.259. The van der Waals surface area contributed by atoms with Gasteiger partial charge in [0.25, 0.3) is 0 Å². The molecule has 0 aromatic heterocycles. The van der Waals surface area contributed by atoms with Gasteiger partial charge in [-0.2, -0.15) is 13.2 Å². The summed E-state index contributed by atoms with van der Waals surface area (Å²) in [6.07, 6.45) is -0.228. The summed E-state index contributed by atoms with van der Waals surface area (Å²) in [5.74, 6) is -0.653. The van der Waals surface area contributed by atoms with E-state index in [-0.39, 0.29) is 26.7 Å². The van der Waals surface area contributed by atoms with Crippen LogP contribution in [-0.2, 0) is 9.53 Å². The number of halogens is 6. The average Bonchev–Trinajstić information content (AvgIpc) is 2.57. The van der Waals surface area contributed by atoms with Gasteiger partial charge in [-0.15, -0.1) is 0 Å². The highest BCUT2D eigenvalue weighted by molar-refractivity contribution is 6.48. The van der Waals surface area contributed by atoms with Crippen molar-refractivity contribution in [2.24, 2.45) is 5.92 Å². The van der Waals surface area contributed by atoms with Gasteiger partial charge in [-0.05, 0) is 42.9 Å². The summed E-state index contributed by atoms with van der Waals surface area (Å²) in [6.45, 7) is 6.27. The Morgan fingerprint density at radius 3 is 2.18 bits per heavy atom. The topological polar surface area (TPSA) is 26.3 Å². The van der Waals surface area contributed by atoms with Crippen LogP contribution in [0.3, 0.4) is 0 Å². The highest BCUT2D eigenvalue weighted by atomic mass is 35.5. The standard InChI is InChI=1S/C17H16Cl3F3O2.C3H8/c1-9-3-2-4-11(5-9)25-15(24)8-12(17(21,22)23)10-6-13(18)16(20)14(19)7-10;1-3-2/h6-9,11H,2-5H2,1H3;3H2,1-2H3/b12-8+;. The molecule has 1 aromatic rings. The molecule has 0 saturated heterocycles. The zero-order valence-electron chi connectivity index (χ0n) is 16.0. The van der Waals surface area contributed by atoms with Crippen LogP contribution in [0, 0.1) is 5.92 Å². The van der Waals surface area contributed by atoms with Crippen molar-refractivity contribution in [3.05, 3.63) is 38.8 Å². The molecule has 2 atom stereocenters. The van der Waals surface area contributed by atoms with E-state index in [4.69, 9.17) is 39.5 Å². The van der Waals surface area contributed by atoms with Gasteiger partial charge in [-0.3, -0.25) is 0 Å². The van der Waals surface area contributed by atoms with Crippen molar-refractivity contribution in [3.63, 3.8) is 0 Å². The molecule has 0 spiro atoms. The fraction of sp³-hybridized carbons (Fsp3) is 0.550. The van der Waals surface area contributed by atoms with Crippen molar-refractivity contribution >= 4 is 46.3 Å². The maximum atomic E-state index is 13.4. The average molecular weight is 460 g/mol. The minimum atomic E-state index is -4.78. The lowest BCUT2D eigenvalue weighted by Crippen LogP contribution is -2.24. The molecule has 2 unspecified atom stereocenters. The first-order valence-corrected chi connectivity index (χ1v) is 10.3. The van der Waals surface area contributed by atoms with Crippen LogP contribution < -0.4 is 0 Å². The van der Waals surface area contributed by atoms with Gasteiger partial charge in [-0.25, -0.2) is 4.79 Å². The minimum absolute atomic E-state index is 0.0487. The first-order valence-electron chi connectivity index (χ1n) is 9.13. The molecule has 0 heterocycles. The zero-order chi connectivity index (χ0) is 21.5. The predicted molar refractivity (Wildman–Crippen MR) is 109 cm³/mol. The number of hydrogen-bond donors (Lipinski definition) is 0. The third-order valence-electron chi connectivity index (χ3n) is 4.03. The third-order valence-corrected chi connectivity index (χ3v) is 5.23. The number of benzene rings is 1. The number of alkyl halides is 3. The highest BCUT2D eigenvalue weighted by Gasteiger charge is 2.36. The fourth-order valence-corrected chi connectivity index (χ4v) is 3.44. The van der Waals surface area contributed by atoms with E-state index in [1.165, 1.54) is 6.42 Å². The Morgan fingerprint density at radius 2 is 1.71 bits per heavy atom. The van der Waals surface area contributed by atoms with Crippen LogP contribution in [-0.4, -0.2) is 18.2 Å². The third kappa shape index (κ3) is 7.84. The summed E-state index contributed by atoms with van der Waals surface area (Å²) in [5.41, 5.74) is -1.53. The molecule has 158 valence electrons. The van der Waals surface area contributed by atoms with E-state index in [2.05, 4.69) is 13.8 Å². The van der Waals surface area contributed by atoms with E-state index >= 15 is 0 Å². The summed E-state index contributed by atoms with van der Waals surface area (Å²) in [5, 5.41) is -0.310. The summed E-state index contributed by atoms with van der Waals surface area (Å²) < 4.78 is 45.3. The van der Waals surface area contributed by atoms with Crippen molar-refractivity contribution in [1.82, 2.24) is 0 Å². The van der Waals surface area contributed by atoms with Gasteiger partial charge < -0.3 is 4.74 Å². The van der Waals surface area contributed by atoms with Crippen LogP contribution in [0.2, 0.25) is 15.1 Å². The number of allylic oxidation sites excluding steroid dienone is 1. The lowest BCUT2D eigenvalue weighted by molar-refractivity contribution is -0.145. The Balaban J connectivity index is 0.00000122. The van der Waals surface area contributed by atoms with Crippen LogP contribution in [0.1, 0.15) is 58.4 Å². The second-order valence-electron chi connectivity index (χ2n) is 6.85. The molecule has 1 aliphatic carbocycles. The summed E-state index contributed by atoms with van der Waals surface area (Å²) in [7, 11) is 0. The molecular weight excluding hydrogens is 436 g/mol. The highest BCUT2D eigenvalue weighted by Crippen LogP contribution is 2.39. The normalized spacial score (nSPS) is 20.2. The molecule has 2 nitrogen and oxygen atoms in total. The monoisotopic (exact) mass is 458 g/mol. The van der Waals surface area contributed by atoms with Crippen LogP contribution in [0.4, 0.5) is 13.2 Å². The first-order chi connectivity index (χ1) is 13.0. The molecule has 0 N–H and O–H groups in total. The van der Waals surface area contributed by atoms with Crippen LogP contribution >= 0.6 is 34.8 Å². The number of rotatable bonds is 3. The van der Waals surface area contributed by atoms with Gasteiger partial charge in [0.2, 0.25) is 0 Å². The van der Waals surface area contributed by atoms with Crippen molar-refractivity contribution in [2.75, 3.05) is 0 Å². The molecule has 1 aliphatic rings. The maximum Gasteiger partial charge on any atom is 0.417 e. The predicted octanol–water partition coefficient (Wildman–Crippen LogP) is 8.13. The molecule has 28 heavy (non-hydrogen) atoms. The fourth-order valence-electron chi connectivity index (χ4n) is 2.84. The number of carbonyl (C=O) groups excluding carboxylic acids is 1. The molecule has 1 saturated carbocycles. The molecular formula is C20H24Cl3F3O2. The van der Waals surface area contributed by atoms with Crippen LogP contribution in [0.5, 0.6) is 0 Å². The van der Waals surface area contributed by atoms with Crippen molar-refractivity contribution in [2.45, 2.75) is 65.2 Å². The molecule has 2 rings (SSSR count). The van der Waals surface area contributed by atoms with E-state index in [1.54, 1.807) is 0 Å². The molecule has 0 bridgehead atoms. The van der Waals surface area contributed by atoms with Crippen LogP contribution in [0.25, 0.3) is 5.57 Å². The van der Waals surface area contributed by atoms with Gasteiger partial charge in [-0.1, -0.05) is 68.4 Å². The van der Waals surface area contributed by atoms with E-state index in [9.17, 15) is 18.0 Å². The Morgan fingerprint density at radius 1 is 1.18 bits per heavy atom. The number of hydrogen-bond acceptors (Lipinski definition) is 2. The molecule has 0 aliphatic heterocycles. The lowest BCUT2D eigenvalue weighted by Gasteiger charge is -2.26. The Hall–Kier alpha value is -0.910. The Labute approximate surface area is 179 Å². The first kappa shape index (κ1) is 25.1. The van der Waals surface area contributed by atoms with E-state index in [1.807, 2.05) is 6.92 Å². The van der Waals surface area contributed by atoms with Gasteiger partial charge in [0.15, 0.2) is 0 Å². The second-order valence-corrected chi connectivity index (χ2v) is 8.04. The molecule has 1 aromatic carbocycles. The smallest absolute Gasteiger partial charge is 0.417 e. The minimum Gasteiger partial charge on any atom is -0.459 e. The largest absolute Gasteiger partial charge is 0.459 e. The Bertz CT molecular complexity index is 679. The van der Waals surface area contributed by atoms with E-state index in [0.717, 1.165) is 25.0 Å². The molecule has 0 amide bonds. The van der Waals surface area contributed by atoms with Crippen molar-refractivity contribution in [3.8, 4) is 0 Å². The summed E-state index contributed by atoms with van der Waals surface area (Å²) in [4.78, 5) is 12.0. The van der Waals surface area contributed by atoms with Crippen molar-refractivity contribution < 1.29 is 22.7 Å². The lowest BCUT2D eigenvalue weighted by atomic mass is 9.89. The molecule has 8 heteroatoms. The number of ether oxygens (including phenoxy) is 1. The van der Waals surface area contributed by atoms with Crippen molar-refractivity contribution in [1.29, 1.82) is 0 Å². The van der Waals surface area contributed by atoms with Gasteiger partial charge >= 0.3 is 12.1 Å². The molecule has 1 fully saturated rings. The Kier molecular flexibility index (Phi) is 10.2. The summed E-state index contributed by atoms with van der Waals surface area (Å²) >= 11 is 17.3. The van der Waals surface area contributed by atoms with Gasteiger partial charge in [0.1, 0.15) is 6.10 Å². The SMILES string of the molecule is CC1CCCC(OC(=O)/C=C(\c2cc(Cl)c(Cl)c(Cl)c2)C(F)(F)F)C1.CCC.